The fraction of sp³-hybridized carbons (Fsp3) is 0.500. The average molecular weight is 428 g/mol. The molecule has 1 aromatic rings. The minimum atomic E-state index is -2.02. The molecule has 1 aliphatic heterocycles. The second kappa shape index (κ2) is 9.63. The Hall–Kier alpha value is -2.36. The maximum Gasteiger partial charge on any atom is 0.309 e. The van der Waals surface area contributed by atoms with Crippen molar-refractivity contribution < 1.29 is 18.8 Å². The van der Waals surface area contributed by atoms with Gasteiger partial charge in [0.05, 0.1) is 25.6 Å². The molecule has 1 aromatic carbocycles. The first-order valence-corrected chi connectivity index (χ1v) is 13.2. The Morgan fingerprint density at radius 1 is 1.27 bits per heavy atom. The SMILES string of the molecule is COC(=O)C/C=C/N1C(=O)[C@H]([C@@H](C)O[Si](C)(C)C(C)(C)C)C1C#Cc1ccccc1. The second-order valence-electron chi connectivity index (χ2n) is 9.10. The third-order valence-corrected chi connectivity index (χ3v) is 10.5. The van der Waals surface area contributed by atoms with Gasteiger partial charge in [0.25, 0.3) is 0 Å². The summed E-state index contributed by atoms with van der Waals surface area (Å²) in [5, 5.41) is 0.0549. The molecule has 0 N–H and O–H groups in total. The molecule has 162 valence electrons. The molecule has 1 heterocycles. The molecule has 1 fully saturated rings. The van der Waals surface area contributed by atoms with Crippen LogP contribution in [0.2, 0.25) is 18.1 Å². The molecule has 0 bridgehead atoms. The molecule has 0 aliphatic carbocycles. The highest BCUT2D eigenvalue weighted by atomic mass is 28.4. The van der Waals surface area contributed by atoms with Gasteiger partial charge in [-0.1, -0.05) is 56.9 Å². The monoisotopic (exact) mass is 427 g/mol. The van der Waals surface area contributed by atoms with Crippen molar-refractivity contribution in [3.8, 4) is 11.8 Å². The van der Waals surface area contributed by atoms with E-state index in [1.165, 1.54) is 7.11 Å². The van der Waals surface area contributed by atoms with E-state index in [1.54, 1.807) is 17.2 Å². The molecule has 1 saturated heterocycles. The largest absolute Gasteiger partial charge is 0.469 e. The zero-order chi connectivity index (χ0) is 22.5. The van der Waals surface area contributed by atoms with Gasteiger partial charge in [-0.05, 0) is 37.2 Å². The van der Waals surface area contributed by atoms with E-state index in [0.29, 0.717) is 0 Å². The number of amides is 1. The minimum Gasteiger partial charge on any atom is -0.469 e. The van der Waals surface area contributed by atoms with Crippen molar-refractivity contribution in [2.45, 2.75) is 64.4 Å². The van der Waals surface area contributed by atoms with Gasteiger partial charge in [-0.3, -0.25) is 9.59 Å². The van der Waals surface area contributed by atoms with E-state index in [9.17, 15) is 9.59 Å². The number of β-lactam (4-membered cyclic amide) rings is 1. The van der Waals surface area contributed by atoms with Crippen molar-refractivity contribution in [2.75, 3.05) is 7.11 Å². The molecule has 0 aromatic heterocycles. The minimum absolute atomic E-state index is 0.0327. The predicted molar refractivity (Wildman–Crippen MR) is 121 cm³/mol. The van der Waals surface area contributed by atoms with E-state index in [-0.39, 0.29) is 41.4 Å². The Balaban J connectivity index is 2.24. The number of ether oxygens (including phenoxy) is 1. The quantitative estimate of drug-likeness (QED) is 0.293. The summed E-state index contributed by atoms with van der Waals surface area (Å²) in [7, 11) is -0.682. The van der Waals surface area contributed by atoms with Crippen molar-refractivity contribution in [3.63, 3.8) is 0 Å². The van der Waals surface area contributed by atoms with Gasteiger partial charge in [0.1, 0.15) is 6.04 Å². The van der Waals surface area contributed by atoms with Crippen LogP contribution in [0.4, 0.5) is 0 Å². The molecule has 6 heteroatoms. The maximum atomic E-state index is 12.9. The van der Waals surface area contributed by atoms with Crippen molar-refractivity contribution in [3.05, 3.63) is 48.2 Å². The molecule has 30 heavy (non-hydrogen) atoms. The molecular formula is C24H33NO4Si. The van der Waals surface area contributed by atoms with Crippen LogP contribution < -0.4 is 0 Å². The number of benzene rings is 1. The second-order valence-corrected chi connectivity index (χ2v) is 13.9. The van der Waals surface area contributed by atoms with Gasteiger partial charge in [0.2, 0.25) is 5.91 Å². The molecule has 1 amide bonds. The average Bonchev–Trinajstić information content (AvgIpc) is 2.67. The van der Waals surface area contributed by atoms with E-state index in [1.807, 2.05) is 37.3 Å². The number of carbonyl (C=O) groups is 2. The van der Waals surface area contributed by atoms with Gasteiger partial charge in [-0.2, -0.15) is 0 Å². The summed E-state index contributed by atoms with van der Waals surface area (Å²) >= 11 is 0. The summed E-state index contributed by atoms with van der Waals surface area (Å²) in [5.74, 6) is 5.70. The lowest BCUT2D eigenvalue weighted by molar-refractivity contribution is -0.153. The highest BCUT2D eigenvalue weighted by Crippen LogP contribution is 2.40. The predicted octanol–water partition coefficient (Wildman–Crippen LogP) is 4.35. The van der Waals surface area contributed by atoms with E-state index in [0.717, 1.165) is 5.56 Å². The number of hydrogen-bond donors (Lipinski definition) is 0. The van der Waals surface area contributed by atoms with Gasteiger partial charge in [0.15, 0.2) is 8.32 Å². The van der Waals surface area contributed by atoms with E-state index < -0.39 is 8.32 Å². The summed E-state index contributed by atoms with van der Waals surface area (Å²) in [6.07, 6.45) is 3.15. The summed E-state index contributed by atoms with van der Waals surface area (Å²) in [6, 6.07) is 9.39. The lowest BCUT2D eigenvalue weighted by Gasteiger charge is -2.48. The Morgan fingerprint density at radius 3 is 2.47 bits per heavy atom. The smallest absolute Gasteiger partial charge is 0.309 e. The third kappa shape index (κ3) is 5.62. The highest BCUT2D eigenvalue weighted by Gasteiger charge is 2.51. The van der Waals surface area contributed by atoms with Crippen molar-refractivity contribution in [1.29, 1.82) is 0 Å². The van der Waals surface area contributed by atoms with Crippen LogP contribution in [0.3, 0.4) is 0 Å². The number of likely N-dealkylation sites (tertiary alicyclic amines) is 1. The van der Waals surface area contributed by atoms with Crippen LogP contribution >= 0.6 is 0 Å². The molecule has 0 radical (unpaired) electrons. The standard InChI is InChI=1S/C24H33NO4Si/c1-18(29-30(6,7)24(2,3)4)22-20(16-15-19-12-9-8-10-13-19)25(23(22)27)17-11-14-21(26)28-5/h8-13,17-18,20,22H,14H2,1-7H3/b17-11+/t18-,20?,22-/m1/s1. The van der Waals surface area contributed by atoms with Crippen LogP contribution in [0.25, 0.3) is 0 Å². The van der Waals surface area contributed by atoms with Crippen LogP contribution in [-0.4, -0.2) is 44.3 Å². The highest BCUT2D eigenvalue weighted by molar-refractivity contribution is 6.74. The zero-order valence-corrected chi connectivity index (χ0v) is 20.1. The first kappa shape index (κ1) is 23.9. The summed E-state index contributed by atoms with van der Waals surface area (Å²) < 4.78 is 11.1. The summed E-state index contributed by atoms with van der Waals surface area (Å²) in [6.45, 7) is 12.9. The lowest BCUT2D eigenvalue weighted by atomic mass is 9.84. The van der Waals surface area contributed by atoms with Gasteiger partial charge >= 0.3 is 5.97 Å². The fourth-order valence-electron chi connectivity index (χ4n) is 3.06. The van der Waals surface area contributed by atoms with Crippen molar-refractivity contribution in [1.82, 2.24) is 4.90 Å². The number of methoxy groups -OCH3 is 1. The van der Waals surface area contributed by atoms with Crippen LogP contribution in [0, 0.1) is 17.8 Å². The normalized spacial score (nSPS) is 20.4. The van der Waals surface area contributed by atoms with Crippen LogP contribution in [-0.2, 0) is 18.8 Å². The number of rotatable bonds is 6. The Kier molecular flexibility index (Phi) is 7.68. The fourth-order valence-corrected chi connectivity index (χ4v) is 4.49. The number of esters is 1. The Labute approximate surface area is 181 Å². The van der Waals surface area contributed by atoms with Crippen LogP contribution in [0.15, 0.2) is 42.6 Å². The first-order chi connectivity index (χ1) is 14.0. The van der Waals surface area contributed by atoms with Crippen molar-refractivity contribution in [2.24, 2.45) is 5.92 Å². The van der Waals surface area contributed by atoms with E-state index >= 15 is 0 Å². The molecule has 1 aliphatic rings. The lowest BCUT2D eigenvalue weighted by Crippen LogP contribution is -2.63. The molecule has 1 unspecified atom stereocenters. The van der Waals surface area contributed by atoms with E-state index in [2.05, 4.69) is 50.4 Å². The molecule has 0 spiro atoms. The molecule has 3 atom stereocenters. The van der Waals surface area contributed by atoms with Gasteiger partial charge in [-0.15, -0.1) is 0 Å². The third-order valence-electron chi connectivity index (χ3n) is 5.89. The number of nitrogens with zero attached hydrogens (tertiary/aromatic N) is 1. The van der Waals surface area contributed by atoms with Gasteiger partial charge < -0.3 is 14.1 Å². The maximum absolute atomic E-state index is 12.9. The number of carbonyl (C=O) groups excluding carboxylic acids is 2. The summed E-state index contributed by atoms with van der Waals surface area (Å²) in [4.78, 5) is 25.9. The summed E-state index contributed by atoms with van der Waals surface area (Å²) in [5.41, 5.74) is 0.895. The van der Waals surface area contributed by atoms with Crippen molar-refractivity contribution >= 4 is 20.2 Å². The van der Waals surface area contributed by atoms with E-state index in [4.69, 9.17) is 4.43 Å². The molecular weight excluding hydrogens is 394 g/mol. The molecule has 5 nitrogen and oxygen atoms in total. The zero-order valence-electron chi connectivity index (χ0n) is 19.1. The first-order valence-electron chi connectivity index (χ1n) is 10.3. The van der Waals surface area contributed by atoms with Crippen LogP contribution in [0.1, 0.15) is 39.7 Å². The Bertz CT molecular complexity index is 845. The van der Waals surface area contributed by atoms with Gasteiger partial charge in [0, 0.05) is 11.8 Å². The molecule has 0 saturated carbocycles. The molecule has 2 rings (SSSR count). The Morgan fingerprint density at radius 2 is 1.90 bits per heavy atom. The number of hydrogen-bond acceptors (Lipinski definition) is 4. The topological polar surface area (TPSA) is 55.8 Å². The van der Waals surface area contributed by atoms with Crippen LogP contribution in [0.5, 0.6) is 0 Å². The van der Waals surface area contributed by atoms with Gasteiger partial charge in [-0.25, -0.2) is 0 Å².